The molecule has 1 amide bonds. The Labute approximate surface area is 144 Å². The molecule has 2 aromatic carbocycles. The van der Waals surface area contributed by atoms with Gasteiger partial charge in [-0.2, -0.15) is 0 Å². The van der Waals surface area contributed by atoms with Gasteiger partial charge >= 0.3 is 0 Å². The maximum Gasteiger partial charge on any atom is 0.223 e. The molecule has 1 heterocycles. The van der Waals surface area contributed by atoms with E-state index < -0.39 is 0 Å². The third-order valence-corrected chi connectivity index (χ3v) is 4.87. The number of aryl methyl sites for hydroxylation is 2. The summed E-state index contributed by atoms with van der Waals surface area (Å²) in [6.45, 7) is 7.04. The predicted molar refractivity (Wildman–Crippen MR) is 96.9 cm³/mol. The fourth-order valence-corrected chi connectivity index (χ4v) is 3.30. The summed E-state index contributed by atoms with van der Waals surface area (Å²) in [5.74, 6) is 0.299. The molecule has 0 unspecified atom stereocenters. The lowest BCUT2D eigenvalue weighted by molar-refractivity contribution is -0.917. The molecule has 1 saturated heterocycles. The van der Waals surface area contributed by atoms with Crippen molar-refractivity contribution in [1.29, 1.82) is 0 Å². The third-order valence-electron chi connectivity index (χ3n) is 4.87. The first-order chi connectivity index (χ1) is 11.7. The molecule has 0 saturated carbocycles. The molecule has 2 aromatic rings. The van der Waals surface area contributed by atoms with Crippen molar-refractivity contribution in [3.63, 3.8) is 0 Å². The highest BCUT2D eigenvalue weighted by Gasteiger charge is 2.23. The van der Waals surface area contributed by atoms with Gasteiger partial charge < -0.3 is 9.80 Å². The van der Waals surface area contributed by atoms with Crippen LogP contribution in [0, 0.1) is 6.92 Å². The first kappa shape index (κ1) is 16.7. The van der Waals surface area contributed by atoms with Crippen LogP contribution in [-0.4, -0.2) is 37.0 Å². The number of nitrogens with zero attached hydrogens (tertiary/aromatic N) is 1. The Morgan fingerprint density at radius 3 is 2.29 bits per heavy atom. The van der Waals surface area contributed by atoms with Crippen LogP contribution < -0.4 is 4.90 Å². The lowest BCUT2D eigenvalue weighted by Crippen LogP contribution is -3.13. The summed E-state index contributed by atoms with van der Waals surface area (Å²) >= 11 is 0. The lowest BCUT2D eigenvalue weighted by Gasteiger charge is -2.32. The average molecular weight is 323 g/mol. The second-order valence-electron chi connectivity index (χ2n) is 6.78. The van der Waals surface area contributed by atoms with Crippen LogP contribution in [0.15, 0.2) is 54.6 Å². The molecule has 24 heavy (non-hydrogen) atoms. The highest BCUT2D eigenvalue weighted by Crippen LogP contribution is 2.06. The van der Waals surface area contributed by atoms with E-state index in [-0.39, 0.29) is 0 Å². The van der Waals surface area contributed by atoms with Gasteiger partial charge in [0.25, 0.3) is 0 Å². The molecular weight excluding hydrogens is 296 g/mol. The fraction of sp³-hybridized carbons (Fsp3) is 0.381. The van der Waals surface area contributed by atoms with E-state index >= 15 is 0 Å². The van der Waals surface area contributed by atoms with Crippen LogP contribution in [0.25, 0.3) is 0 Å². The van der Waals surface area contributed by atoms with E-state index in [1.165, 1.54) is 16.7 Å². The molecule has 126 valence electrons. The SMILES string of the molecule is Cc1ccc(C[NH+]2CCN(C(=O)CCc3ccccc3)CC2)cc1. The number of quaternary nitrogens is 1. The molecule has 3 heteroatoms. The van der Waals surface area contributed by atoms with Crippen molar-refractivity contribution >= 4 is 5.91 Å². The van der Waals surface area contributed by atoms with Gasteiger partial charge in [-0.1, -0.05) is 60.2 Å². The number of hydrogen-bond donors (Lipinski definition) is 1. The molecule has 3 nitrogen and oxygen atoms in total. The Morgan fingerprint density at radius 1 is 0.958 bits per heavy atom. The number of amides is 1. The van der Waals surface area contributed by atoms with Gasteiger partial charge in [-0.3, -0.25) is 4.79 Å². The fourth-order valence-electron chi connectivity index (χ4n) is 3.30. The predicted octanol–water partition coefficient (Wildman–Crippen LogP) is 1.85. The van der Waals surface area contributed by atoms with Crippen LogP contribution in [0.3, 0.4) is 0 Å². The molecule has 0 bridgehead atoms. The molecular formula is C21H27N2O+. The Balaban J connectivity index is 1.42. The van der Waals surface area contributed by atoms with Crippen LogP contribution in [0.1, 0.15) is 23.1 Å². The van der Waals surface area contributed by atoms with Gasteiger partial charge in [0, 0.05) is 12.0 Å². The zero-order chi connectivity index (χ0) is 16.8. The number of rotatable bonds is 5. The van der Waals surface area contributed by atoms with E-state index in [0.29, 0.717) is 12.3 Å². The van der Waals surface area contributed by atoms with E-state index in [4.69, 9.17) is 0 Å². The number of carbonyl (C=O) groups excluding carboxylic acids is 1. The monoisotopic (exact) mass is 323 g/mol. The van der Waals surface area contributed by atoms with Crippen LogP contribution in [0.4, 0.5) is 0 Å². The third kappa shape index (κ3) is 4.68. The molecule has 0 spiro atoms. The van der Waals surface area contributed by atoms with E-state index in [9.17, 15) is 4.79 Å². The van der Waals surface area contributed by atoms with Crippen molar-refractivity contribution in [3.8, 4) is 0 Å². The molecule has 1 N–H and O–H groups in total. The van der Waals surface area contributed by atoms with Crippen molar-refractivity contribution in [2.75, 3.05) is 26.2 Å². The van der Waals surface area contributed by atoms with Gasteiger partial charge in [-0.05, 0) is 18.9 Å². The van der Waals surface area contributed by atoms with Crippen LogP contribution in [0.5, 0.6) is 0 Å². The second kappa shape index (κ2) is 8.11. The lowest BCUT2D eigenvalue weighted by atomic mass is 10.1. The quantitative estimate of drug-likeness (QED) is 0.892. The Bertz CT molecular complexity index is 643. The largest absolute Gasteiger partial charge is 0.331 e. The zero-order valence-corrected chi connectivity index (χ0v) is 14.5. The van der Waals surface area contributed by atoms with E-state index in [0.717, 1.165) is 39.1 Å². The van der Waals surface area contributed by atoms with E-state index in [2.05, 4.69) is 43.3 Å². The van der Waals surface area contributed by atoms with E-state index in [1.54, 1.807) is 4.90 Å². The minimum atomic E-state index is 0.299. The number of carbonyl (C=O) groups is 1. The molecule has 0 radical (unpaired) electrons. The van der Waals surface area contributed by atoms with Gasteiger partial charge in [-0.25, -0.2) is 0 Å². The summed E-state index contributed by atoms with van der Waals surface area (Å²) in [6, 6.07) is 19.1. The van der Waals surface area contributed by atoms with Crippen molar-refractivity contribution in [2.45, 2.75) is 26.3 Å². The number of piperazine rings is 1. The standard InChI is InChI=1S/C21H26N2O/c1-18-7-9-20(10-8-18)17-22-13-15-23(16-14-22)21(24)12-11-19-5-3-2-4-6-19/h2-10H,11-17H2,1H3/p+1. The number of nitrogens with one attached hydrogen (secondary N) is 1. The maximum absolute atomic E-state index is 12.4. The summed E-state index contributed by atoms with van der Waals surface area (Å²) in [5, 5.41) is 0. The molecule has 0 aromatic heterocycles. The first-order valence-corrected chi connectivity index (χ1v) is 8.91. The highest BCUT2D eigenvalue weighted by atomic mass is 16.2. The maximum atomic E-state index is 12.4. The molecule has 0 atom stereocenters. The smallest absolute Gasteiger partial charge is 0.223 e. The second-order valence-corrected chi connectivity index (χ2v) is 6.78. The Hall–Kier alpha value is -2.13. The minimum Gasteiger partial charge on any atom is -0.331 e. The Kier molecular flexibility index (Phi) is 5.65. The van der Waals surface area contributed by atoms with Gasteiger partial charge in [0.05, 0.1) is 26.2 Å². The van der Waals surface area contributed by atoms with Crippen LogP contribution >= 0.6 is 0 Å². The molecule has 1 aliphatic heterocycles. The average Bonchev–Trinajstić information content (AvgIpc) is 2.63. The molecule has 3 rings (SSSR count). The Morgan fingerprint density at radius 2 is 1.62 bits per heavy atom. The van der Waals surface area contributed by atoms with Crippen molar-refractivity contribution in [3.05, 3.63) is 71.3 Å². The summed E-state index contributed by atoms with van der Waals surface area (Å²) in [6.07, 6.45) is 1.47. The minimum absolute atomic E-state index is 0.299. The van der Waals surface area contributed by atoms with Crippen molar-refractivity contribution in [1.82, 2.24) is 4.90 Å². The topological polar surface area (TPSA) is 24.8 Å². The molecule has 1 fully saturated rings. The van der Waals surface area contributed by atoms with Gasteiger partial charge in [0.2, 0.25) is 5.91 Å². The van der Waals surface area contributed by atoms with Crippen LogP contribution in [-0.2, 0) is 17.8 Å². The van der Waals surface area contributed by atoms with Gasteiger partial charge in [0.15, 0.2) is 0 Å². The summed E-state index contributed by atoms with van der Waals surface area (Å²) < 4.78 is 0. The highest BCUT2D eigenvalue weighted by molar-refractivity contribution is 5.76. The zero-order valence-electron chi connectivity index (χ0n) is 14.5. The van der Waals surface area contributed by atoms with Crippen LogP contribution in [0.2, 0.25) is 0 Å². The normalized spacial score (nSPS) is 15.5. The van der Waals surface area contributed by atoms with Crippen molar-refractivity contribution in [2.24, 2.45) is 0 Å². The van der Waals surface area contributed by atoms with E-state index in [1.807, 2.05) is 23.1 Å². The molecule has 1 aliphatic rings. The van der Waals surface area contributed by atoms with Crippen molar-refractivity contribution < 1.29 is 9.69 Å². The van der Waals surface area contributed by atoms with Gasteiger partial charge in [0.1, 0.15) is 6.54 Å². The molecule has 0 aliphatic carbocycles. The summed E-state index contributed by atoms with van der Waals surface area (Å²) in [7, 11) is 0. The number of benzene rings is 2. The summed E-state index contributed by atoms with van der Waals surface area (Å²) in [4.78, 5) is 16.0. The van der Waals surface area contributed by atoms with Gasteiger partial charge in [-0.15, -0.1) is 0 Å². The summed E-state index contributed by atoms with van der Waals surface area (Å²) in [5.41, 5.74) is 3.94. The first-order valence-electron chi connectivity index (χ1n) is 8.91. The number of hydrogen-bond acceptors (Lipinski definition) is 1.